The van der Waals surface area contributed by atoms with E-state index in [1.54, 1.807) is 24.3 Å². The zero-order chi connectivity index (χ0) is 27.4. The van der Waals surface area contributed by atoms with E-state index in [1.165, 1.54) is 0 Å². The van der Waals surface area contributed by atoms with Crippen LogP contribution in [0.2, 0.25) is 0 Å². The Balaban J connectivity index is 1.54. The summed E-state index contributed by atoms with van der Waals surface area (Å²) in [5.74, 6) is 0.396. The van der Waals surface area contributed by atoms with Crippen molar-refractivity contribution in [3.63, 3.8) is 0 Å². The maximum absolute atomic E-state index is 9.69. The molecule has 0 fully saturated rings. The number of nitriles is 2. The number of nitrogens with zero attached hydrogens (tertiary/aromatic N) is 4. The highest BCUT2D eigenvalue weighted by Crippen LogP contribution is 2.35. The van der Waals surface area contributed by atoms with Crippen LogP contribution in [0, 0.1) is 22.9 Å². The van der Waals surface area contributed by atoms with Crippen LogP contribution in [0.4, 0.5) is 0 Å². The van der Waals surface area contributed by atoms with Crippen LogP contribution in [0.5, 0.6) is 11.5 Å². The van der Waals surface area contributed by atoms with Gasteiger partial charge in [0.2, 0.25) is 12.4 Å². The van der Waals surface area contributed by atoms with Crippen molar-refractivity contribution in [3.8, 4) is 46.1 Å². The van der Waals surface area contributed by atoms with E-state index >= 15 is 0 Å². The van der Waals surface area contributed by atoms with Crippen molar-refractivity contribution in [1.82, 2.24) is 0 Å². The summed E-state index contributed by atoms with van der Waals surface area (Å²) in [7, 11) is 0. The highest BCUT2D eigenvalue weighted by atomic mass is 16.3. The molecule has 0 heterocycles. The van der Waals surface area contributed by atoms with Gasteiger partial charge in [0.05, 0.1) is 10.7 Å². The number of fused-ring (bicyclic) bond motifs is 6. The molecule has 0 saturated heterocycles. The van der Waals surface area contributed by atoms with Crippen LogP contribution in [0.15, 0.2) is 107 Å². The van der Waals surface area contributed by atoms with Gasteiger partial charge in [0.15, 0.2) is 0 Å². The Hall–Kier alpha value is -5.98. The Bertz CT molecular complexity index is 2180. The van der Waals surface area contributed by atoms with E-state index in [4.69, 9.17) is 0 Å². The van der Waals surface area contributed by atoms with E-state index in [-0.39, 0.29) is 11.5 Å². The lowest BCUT2D eigenvalue weighted by Crippen LogP contribution is -1.99. The summed E-state index contributed by atoms with van der Waals surface area (Å²) in [4.78, 5) is 8.46. The summed E-state index contributed by atoms with van der Waals surface area (Å²) in [6, 6.07) is 30.2. The van der Waals surface area contributed by atoms with Crippen LogP contribution in [0.25, 0.3) is 65.3 Å². The minimum absolute atomic E-state index is 0.198. The maximum Gasteiger partial charge on any atom is 0.206 e. The molecule has 0 atom stereocenters. The molecular formula is C34H18N4O2. The molecule has 0 aliphatic carbocycles. The van der Waals surface area contributed by atoms with E-state index in [9.17, 15) is 20.7 Å². The molecule has 0 saturated carbocycles. The first-order valence-electron chi connectivity index (χ1n) is 12.6. The zero-order valence-corrected chi connectivity index (χ0v) is 20.9. The second-order valence-electron chi connectivity index (χ2n) is 9.68. The number of benzene rings is 5. The van der Waals surface area contributed by atoms with Crippen molar-refractivity contribution in [2.45, 2.75) is 0 Å². The number of phenolic OH excluding ortho intramolecular Hbond substituents is 2. The number of rotatable bonds is 2. The van der Waals surface area contributed by atoms with Crippen LogP contribution in [-0.2, 0) is 0 Å². The number of hydrogen-bond donors (Lipinski definition) is 2. The predicted octanol–water partition coefficient (Wildman–Crippen LogP) is 6.68. The van der Waals surface area contributed by atoms with Crippen molar-refractivity contribution < 1.29 is 10.2 Å². The normalized spacial score (nSPS) is 12.4. The van der Waals surface area contributed by atoms with E-state index in [0.717, 1.165) is 65.3 Å². The van der Waals surface area contributed by atoms with Gasteiger partial charge < -0.3 is 10.2 Å². The molecule has 7 rings (SSSR count). The average molecular weight is 515 g/mol. The van der Waals surface area contributed by atoms with E-state index in [1.807, 2.05) is 85.2 Å². The summed E-state index contributed by atoms with van der Waals surface area (Å²) in [5, 5.41) is 46.9. The molecule has 0 radical (unpaired) electrons. The predicted molar refractivity (Wildman–Crippen MR) is 155 cm³/mol. The smallest absolute Gasteiger partial charge is 0.206 e. The summed E-state index contributed by atoms with van der Waals surface area (Å²) < 4.78 is 0. The fourth-order valence-corrected chi connectivity index (χ4v) is 5.69. The van der Waals surface area contributed by atoms with Gasteiger partial charge in [-0.2, -0.15) is 20.5 Å². The number of aromatic hydroxyl groups is 2. The third kappa shape index (κ3) is 3.49. The molecule has 0 bridgehead atoms. The molecular weight excluding hydrogens is 496 g/mol. The molecule has 0 unspecified atom stereocenters. The SMILES string of the molecule is N#CN=c1c2cc(-c3ccc(O)cc3)ccc2c2cc3c(=NC#N)c4cc(-c5ccc(O)cc5)ccc4c3cc12. The standard InChI is InChI=1S/C34H18N4O2/c35-17-37-33-29-13-21(19-1-7-23(39)8-2-19)5-11-25(29)27-15-32-28(16-31(27)33)26-12-6-22(14-30(26)34(32)38-18-36)20-3-9-24(40)10-4-20/h1-16,39-40H. The van der Waals surface area contributed by atoms with Crippen LogP contribution in [0.3, 0.4) is 0 Å². The molecule has 6 nitrogen and oxygen atoms in total. The second-order valence-corrected chi connectivity index (χ2v) is 9.68. The molecule has 0 aromatic heterocycles. The molecule has 0 aliphatic rings. The van der Waals surface area contributed by atoms with Gasteiger partial charge in [-0.25, -0.2) is 0 Å². The van der Waals surface area contributed by atoms with Gasteiger partial charge in [-0.1, -0.05) is 48.5 Å². The van der Waals surface area contributed by atoms with Crippen LogP contribution in [-0.4, -0.2) is 10.2 Å². The first kappa shape index (κ1) is 23.2. The quantitative estimate of drug-likeness (QED) is 0.250. The Morgan fingerprint density at radius 2 is 0.750 bits per heavy atom. The van der Waals surface area contributed by atoms with Gasteiger partial charge in [0.25, 0.3) is 0 Å². The Morgan fingerprint density at radius 3 is 1.12 bits per heavy atom. The Morgan fingerprint density at radius 1 is 0.400 bits per heavy atom. The van der Waals surface area contributed by atoms with Crippen molar-refractivity contribution in [2.75, 3.05) is 0 Å². The number of phenols is 2. The minimum atomic E-state index is 0.198. The van der Waals surface area contributed by atoms with Crippen LogP contribution >= 0.6 is 0 Å². The lowest BCUT2D eigenvalue weighted by Gasteiger charge is -2.03. The van der Waals surface area contributed by atoms with E-state index in [2.05, 4.69) is 9.98 Å². The Labute approximate surface area is 227 Å². The largest absolute Gasteiger partial charge is 0.508 e. The molecule has 0 aliphatic heterocycles. The fraction of sp³-hybridized carbons (Fsp3) is 0. The minimum Gasteiger partial charge on any atom is -0.508 e. The molecule has 2 N–H and O–H groups in total. The number of hydrogen-bond acceptors (Lipinski definition) is 6. The lowest BCUT2D eigenvalue weighted by molar-refractivity contribution is 0.475. The summed E-state index contributed by atoms with van der Waals surface area (Å²) >= 11 is 0. The highest BCUT2D eigenvalue weighted by molar-refractivity contribution is 6.21. The van der Waals surface area contributed by atoms with Gasteiger partial charge >= 0.3 is 0 Å². The highest BCUT2D eigenvalue weighted by Gasteiger charge is 2.16. The summed E-state index contributed by atoms with van der Waals surface area (Å²) in [6.07, 6.45) is 3.95. The molecule has 0 amide bonds. The van der Waals surface area contributed by atoms with Gasteiger partial charge in [-0.05, 0) is 92.3 Å². The molecule has 7 aromatic rings. The van der Waals surface area contributed by atoms with Crippen molar-refractivity contribution in [2.24, 2.45) is 9.98 Å². The van der Waals surface area contributed by atoms with Gasteiger partial charge in [-0.15, -0.1) is 0 Å². The third-order valence-electron chi connectivity index (χ3n) is 7.52. The van der Waals surface area contributed by atoms with Gasteiger partial charge in [0.1, 0.15) is 11.5 Å². The molecule has 40 heavy (non-hydrogen) atoms. The van der Waals surface area contributed by atoms with Crippen molar-refractivity contribution >= 4 is 43.1 Å². The van der Waals surface area contributed by atoms with Gasteiger partial charge in [0, 0.05) is 21.5 Å². The first-order valence-corrected chi connectivity index (χ1v) is 12.6. The van der Waals surface area contributed by atoms with Crippen LogP contribution < -0.4 is 10.7 Å². The van der Waals surface area contributed by atoms with Crippen LogP contribution in [0.1, 0.15) is 0 Å². The average Bonchev–Trinajstić information content (AvgIpc) is 3.44. The second kappa shape index (κ2) is 8.80. The topological polar surface area (TPSA) is 113 Å². The maximum atomic E-state index is 9.69. The summed E-state index contributed by atoms with van der Waals surface area (Å²) in [5.41, 5.74) is 3.78. The molecule has 7 aromatic carbocycles. The first-order chi connectivity index (χ1) is 19.6. The molecule has 0 spiro atoms. The molecule has 186 valence electrons. The van der Waals surface area contributed by atoms with E-state index in [0.29, 0.717) is 10.7 Å². The monoisotopic (exact) mass is 514 g/mol. The van der Waals surface area contributed by atoms with Gasteiger partial charge in [-0.3, -0.25) is 0 Å². The summed E-state index contributed by atoms with van der Waals surface area (Å²) in [6.45, 7) is 0. The molecule has 6 heteroatoms. The zero-order valence-electron chi connectivity index (χ0n) is 20.9. The van der Waals surface area contributed by atoms with Crippen molar-refractivity contribution in [3.05, 3.63) is 108 Å². The van der Waals surface area contributed by atoms with Crippen molar-refractivity contribution in [1.29, 1.82) is 10.5 Å². The van der Waals surface area contributed by atoms with E-state index < -0.39 is 0 Å². The third-order valence-corrected chi connectivity index (χ3v) is 7.52. The Kier molecular flexibility index (Phi) is 5.10. The lowest BCUT2D eigenvalue weighted by atomic mass is 10.0. The fourth-order valence-electron chi connectivity index (χ4n) is 5.69.